The second-order valence-electron chi connectivity index (χ2n) is 17.2. The molecule has 0 aliphatic rings. The van der Waals surface area contributed by atoms with Crippen molar-refractivity contribution >= 4 is 76.3 Å². The molecule has 0 saturated carbocycles. The van der Waals surface area contributed by atoms with Crippen LogP contribution in [0.3, 0.4) is 0 Å². The Morgan fingerprint density at radius 1 is 0.328 bits per heavy atom. The van der Waals surface area contributed by atoms with E-state index in [9.17, 15) is 0 Å². The van der Waals surface area contributed by atoms with Crippen LogP contribution in [0.2, 0.25) is 0 Å². The van der Waals surface area contributed by atoms with Gasteiger partial charge in [0.15, 0.2) is 23.1 Å². The van der Waals surface area contributed by atoms with E-state index in [0.29, 0.717) is 17.5 Å². The minimum atomic E-state index is 0.563. The molecular weight excluding hydrogens is 819 g/mol. The van der Waals surface area contributed by atoms with E-state index in [-0.39, 0.29) is 0 Å². The molecule has 0 radical (unpaired) electrons. The average Bonchev–Trinajstić information content (AvgIpc) is 4.06. The van der Waals surface area contributed by atoms with Crippen LogP contribution in [0.25, 0.3) is 133 Å². The standard InChI is InChI=1S/C61H37N5O/c1-3-17-38(18-4-1)39-21-15-22-42(33-39)59-62-60(64-61(63-59)48-28-16-31-53-57(48)47-27-10-13-30-52(47)65(53)44-23-5-2-6-24-44)43-35-50-46-26-11-14-32-56(46)67-58(50)55(37-43)66-51-29-12-9-25-45(51)49-34-40-19-7-8-20-41(40)36-54(49)66/h1-37H. The molecule has 0 saturated heterocycles. The number of furan rings is 1. The van der Waals surface area contributed by atoms with E-state index in [0.717, 1.165) is 94.0 Å². The lowest BCUT2D eigenvalue weighted by Crippen LogP contribution is -2.02. The summed E-state index contributed by atoms with van der Waals surface area (Å²) < 4.78 is 11.6. The molecule has 0 fully saturated rings. The van der Waals surface area contributed by atoms with Crippen molar-refractivity contribution in [1.82, 2.24) is 24.1 Å². The van der Waals surface area contributed by atoms with E-state index in [1.807, 2.05) is 18.2 Å². The fraction of sp³-hybridized carbons (Fsp3) is 0. The summed E-state index contributed by atoms with van der Waals surface area (Å²) in [5.74, 6) is 1.74. The minimum absolute atomic E-state index is 0.563. The van der Waals surface area contributed by atoms with Gasteiger partial charge in [-0.2, -0.15) is 0 Å². The Hall–Kier alpha value is -9.13. The van der Waals surface area contributed by atoms with Gasteiger partial charge in [0.25, 0.3) is 0 Å². The first kappa shape index (κ1) is 37.3. The van der Waals surface area contributed by atoms with E-state index in [1.165, 1.54) is 21.5 Å². The van der Waals surface area contributed by atoms with Crippen LogP contribution in [0.5, 0.6) is 0 Å². The first-order chi connectivity index (χ1) is 33.2. The molecule has 6 heteroatoms. The molecule has 4 aromatic heterocycles. The Morgan fingerprint density at radius 2 is 0.925 bits per heavy atom. The van der Waals surface area contributed by atoms with Gasteiger partial charge >= 0.3 is 0 Å². The largest absolute Gasteiger partial charge is 0.454 e. The summed E-state index contributed by atoms with van der Waals surface area (Å²) in [5.41, 5.74) is 12.9. The van der Waals surface area contributed by atoms with Crippen LogP contribution in [-0.2, 0) is 0 Å². The van der Waals surface area contributed by atoms with Crippen molar-refractivity contribution in [2.75, 3.05) is 0 Å². The number of hydrogen-bond donors (Lipinski definition) is 0. The van der Waals surface area contributed by atoms with Gasteiger partial charge < -0.3 is 13.6 Å². The van der Waals surface area contributed by atoms with E-state index < -0.39 is 0 Å². The smallest absolute Gasteiger partial charge is 0.164 e. The predicted octanol–water partition coefficient (Wildman–Crippen LogP) is 15.8. The van der Waals surface area contributed by atoms with E-state index >= 15 is 0 Å². The number of rotatable bonds is 6. The molecule has 0 atom stereocenters. The topological polar surface area (TPSA) is 61.7 Å². The molecule has 0 bridgehead atoms. The Kier molecular flexibility index (Phi) is 8.18. The number of para-hydroxylation sites is 4. The van der Waals surface area contributed by atoms with Crippen molar-refractivity contribution in [2.24, 2.45) is 0 Å². The van der Waals surface area contributed by atoms with Gasteiger partial charge in [0.05, 0.1) is 27.8 Å². The molecule has 67 heavy (non-hydrogen) atoms. The Labute approximate surface area is 384 Å². The molecule has 0 spiro atoms. The first-order valence-electron chi connectivity index (χ1n) is 22.6. The lowest BCUT2D eigenvalue weighted by molar-refractivity contribution is 0.666. The summed E-state index contributed by atoms with van der Waals surface area (Å²) in [6.45, 7) is 0. The first-order valence-corrected chi connectivity index (χ1v) is 22.6. The predicted molar refractivity (Wildman–Crippen MR) is 275 cm³/mol. The molecule has 0 unspecified atom stereocenters. The summed E-state index contributed by atoms with van der Waals surface area (Å²) in [6.07, 6.45) is 0. The third kappa shape index (κ3) is 5.86. The number of nitrogens with zero attached hydrogens (tertiary/aromatic N) is 5. The third-order valence-corrected chi connectivity index (χ3v) is 13.3. The van der Waals surface area contributed by atoms with Crippen molar-refractivity contribution in [3.63, 3.8) is 0 Å². The van der Waals surface area contributed by atoms with Crippen molar-refractivity contribution in [3.05, 3.63) is 224 Å². The van der Waals surface area contributed by atoms with Crippen LogP contribution in [0.15, 0.2) is 229 Å². The fourth-order valence-electron chi connectivity index (χ4n) is 10.3. The second kappa shape index (κ2) is 14.7. The molecule has 14 rings (SSSR count). The van der Waals surface area contributed by atoms with E-state index in [1.54, 1.807) is 0 Å². The molecule has 312 valence electrons. The van der Waals surface area contributed by atoms with Crippen molar-refractivity contribution < 1.29 is 4.42 Å². The lowest BCUT2D eigenvalue weighted by atomic mass is 10.0. The molecule has 0 aliphatic carbocycles. The highest BCUT2D eigenvalue weighted by atomic mass is 16.3. The molecule has 6 nitrogen and oxygen atoms in total. The molecule has 0 aliphatic heterocycles. The maximum absolute atomic E-state index is 6.88. The minimum Gasteiger partial charge on any atom is -0.454 e. The van der Waals surface area contributed by atoms with Crippen LogP contribution in [-0.4, -0.2) is 24.1 Å². The average molecular weight is 856 g/mol. The Bertz CT molecular complexity index is 4280. The monoisotopic (exact) mass is 855 g/mol. The Balaban J connectivity index is 1.08. The Morgan fingerprint density at radius 3 is 1.75 bits per heavy atom. The zero-order valence-corrected chi connectivity index (χ0v) is 36.0. The van der Waals surface area contributed by atoms with Gasteiger partial charge in [-0.1, -0.05) is 158 Å². The maximum atomic E-state index is 6.88. The van der Waals surface area contributed by atoms with Crippen molar-refractivity contribution in [3.8, 4) is 56.7 Å². The molecule has 14 aromatic rings. The molecular formula is C61H37N5O. The van der Waals surface area contributed by atoms with Crippen LogP contribution in [0, 0.1) is 0 Å². The fourth-order valence-corrected chi connectivity index (χ4v) is 10.3. The van der Waals surface area contributed by atoms with Gasteiger partial charge in [0, 0.05) is 54.7 Å². The van der Waals surface area contributed by atoms with Gasteiger partial charge in [-0.25, -0.2) is 15.0 Å². The quantitative estimate of drug-likeness (QED) is 0.167. The SMILES string of the molecule is c1ccc(-c2cccc(-c3nc(-c4cc(-n5c6ccccc6c6cc7ccccc7cc65)c5oc6ccccc6c5c4)nc(-c4cccc5c4c4ccccc4n5-c4ccccc4)n3)c2)cc1. The summed E-state index contributed by atoms with van der Waals surface area (Å²) in [4.78, 5) is 16.3. The normalized spacial score (nSPS) is 11.9. The van der Waals surface area contributed by atoms with Crippen LogP contribution in [0.4, 0.5) is 0 Å². The maximum Gasteiger partial charge on any atom is 0.164 e. The van der Waals surface area contributed by atoms with Crippen molar-refractivity contribution in [2.45, 2.75) is 0 Å². The number of hydrogen-bond acceptors (Lipinski definition) is 4. The van der Waals surface area contributed by atoms with Crippen LogP contribution >= 0.6 is 0 Å². The number of aromatic nitrogens is 5. The molecule has 4 heterocycles. The van der Waals surface area contributed by atoms with Gasteiger partial charge in [-0.05, 0) is 88.6 Å². The zero-order valence-electron chi connectivity index (χ0n) is 36.0. The number of fused-ring (bicyclic) bond motifs is 10. The molecule has 0 N–H and O–H groups in total. The zero-order chi connectivity index (χ0) is 44.0. The summed E-state index contributed by atoms with van der Waals surface area (Å²) in [5, 5.41) is 8.93. The summed E-state index contributed by atoms with van der Waals surface area (Å²) >= 11 is 0. The van der Waals surface area contributed by atoms with Gasteiger partial charge in [0.2, 0.25) is 0 Å². The molecule has 0 amide bonds. The van der Waals surface area contributed by atoms with E-state index in [4.69, 9.17) is 19.4 Å². The van der Waals surface area contributed by atoms with Crippen LogP contribution < -0.4 is 0 Å². The lowest BCUT2D eigenvalue weighted by Gasteiger charge is -2.13. The number of benzene rings is 10. The molecule has 10 aromatic carbocycles. The van der Waals surface area contributed by atoms with E-state index in [2.05, 4.69) is 215 Å². The van der Waals surface area contributed by atoms with Crippen LogP contribution in [0.1, 0.15) is 0 Å². The second-order valence-corrected chi connectivity index (χ2v) is 17.2. The highest BCUT2D eigenvalue weighted by Crippen LogP contribution is 2.43. The van der Waals surface area contributed by atoms with Gasteiger partial charge in [-0.3, -0.25) is 0 Å². The summed E-state index contributed by atoms with van der Waals surface area (Å²) in [7, 11) is 0. The third-order valence-electron chi connectivity index (χ3n) is 13.3. The van der Waals surface area contributed by atoms with Gasteiger partial charge in [0.1, 0.15) is 5.58 Å². The summed E-state index contributed by atoms with van der Waals surface area (Å²) in [6, 6.07) is 79.1. The van der Waals surface area contributed by atoms with Gasteiger partial charge in [-0.15, -0.1) is 0 Å². The van der Waals surface area contributed by atoms with Crippen molar-refractivity contribution in [1.29, 1.82) is 0 Å². The highest BCUT2D eigenvalue weighted by Gasteiger charge is 2.24. The highest BCUT2D eigenvalue weighted by molar-refractivity contribution is 6.17.